The third-order valence-corrected chi connectivity index (χ3v) is 1.57. The quantitative estimate of drug-likeness (QED) is 0.393. The highest BCUT2D eigenvalue weighted by atomic mass is 16.5. The van der Waals surface area contributed by atoms with Crippen LogP contribution in [0.2, 0.25) is 0 Å². The van der Waals surface area contributed by atoms with E-state index in [1.54, 1.807) is 6.07 Å². The molecule has 0 spiro atoms. The van der Waals surface area contributed by atoms with E-state index in [4.69, 9.17) is 10.9 Å². The molecule has 1 aromatic heterocycles. The van der Waals surface area contributed by atoms with Crippen molar-refractivity contribution in [2.45, 2.75) is 19.3 Å². The normalized spacial score (nSPS) is 12.5. The fourth-order valence-corrected chi connectivity index (χ4v) is 0.803. The van der Waals surface area contributed by atoms with Crippen molar-refractivity contribution >= 4 is 12.1 Å². The highest BCUT2D eigenvalue weighted by Gasteiger charge is 2.22. The lowest BCUT2D eigenvalue weighted by atomic mass is 9.91. The molecule has 1 heterocycles. The van der Waals surface area contributed by atoms with Gasteiger partial charge in [-0.3, -0.25) is 0 Å². The first-order valence-corrected chi connectivity index (χ1v) is 3.47. The van der Waals surface area contributed by atoms with Crippen molar-refractivity contribution in [3.63, 3.8) is 0 Å². The number of oxime groups is 1. The van der Waals surface area contributed by atoms with Crippen LogP contribution in [-0.4, -0.2) is 16.6 Å². The Kier molecular flexibility index (Phi) is 2.03. The Morgan fingerprint density at radius 3 is 2.83 bits per heavy atom. The van der Waals surface area contributed by atoms with Crippen molar-refractivity contribution in [2.24, 2.45) is 5.16 Å². The van der Waals surface area contributed by atoms with Crippen molar-refractivity contribution in [3.05, 3.63) is 11.8 Å². The first-order chi connectivity index (χ1) is 5.56. The first-order valence-electron chi connectivity index (χ1n) is 3.47. The van der Waals surface area contributed by atoms with Gasteiger partial charge in [-0.1, -0.05) is 5.16 Å². The predicted octanol–water partition coefficient (Wildman–Crippen LogP) is 0.994. The molecule has 66 valence electrons. The van der Waals surface area contributed by atoms with Crippen LogP contribution >= 0.6 is 0 Å². The Hall–Kier alpha value is -1.52. The van der Waals surface area contributed by atoms with Gasteiger partial charge in [0, 0.05) is 11.5 Å². The highest BCUT2D eigenvalue weighted by Crippen LogP contribution is 2.21. The molecule has 0 bridgehead atoms. The number of nitrogens with zero attached hydrogens (tertiary/aromatic N) is 2. The fourth-order valence-electron chi connectivity index (χ4n) is 0.803. The molecule has 0 fully saturated rings. The van der Waals surface area contributed by atoms with E-state index < -0.39 is 5.41 Å². The summed E-state index contributed by atoms with van der Waals surface area (Å²) < 4.78 is 4.68. The molecular weight excluding hydrogens is 158 g/mol. The summed E-state index contributed by atoms with van der Waals surface area (Å²) in [4.78, 5) is 0. The lowest BCUT2D eigenvalue weighted by molar-refractivity contribution is 0.317. The molecule has 0 aliphatic carbocycles. The number of rotatable bonds is 2. The van der Waals surface area contributed by atoms with Gasteiger partial charge < -0.3 is 15.5 Å². The van der Waals surface area contributed by atoms with Crippen LogP contribution in [0.25, 0.3) is 0 Å². The number of nitrogens with two attached hydrogens (primary N) is 1. The predicted molar refractivity (Wildman–Crippen MR) is 44.2 cm³/mol. The second-order valence-corrected chi connectivity index (χ2v) is 3.08. The van der Waals surface area contributed by atoms with Gasteiger partial charge in [-0.2, -0.15) is 0 Å². The van der Waals surface area contributed by atoms with Crippen LogP contribution in [0, 0.1) is 0 Å². The van der Waals surface area contributed by atoms with E-state index in [0.29, 0.717) is 5.69 Å². The molecule has 1 rings (SSSR count). The molecule has 5 heteroatoms. The van der Waals surface area contributed by atoms with E-state index >= 15 is 0 Å². The molecular formula is C7H11N3O2. The maximum absolute atomic E-state index is 8.35. The maximum Gasteiger partial charge on any atom is 0.222 e. The van der Waals surface area contributed by atoms with E-state index in [-0.39, 0.29) is 5.88 Å². The van der Waals surface area contributed by atoms with E-state index in [2.05, 4.69) is 14.8 Å². The molecule has 0 atom stereocenters. The molecule has 1 aromatic rings. The smallest absolute Gasteiger partial charge is 0.222 e. The monoisotopic (exact) mass is 169 g/mol. The zero-order valence-electron chi connectivity index (χ0n) is 6.98. The molecule has 0 unspecified atom stereocenters. The second kappa shape index (κ2) is 2.84. The largest absolute Gasteiger partial charge is 0.411 e. The number of nitrogen functional groups attached to an aromatic ring is 1. The summed E-state index contributed by atoms with van der Waals surface area (Å²) in [7, 11) is 0. The highest BCUT2D eigenvalue weighted by molar-refractivity contribution is 5.71. The zero-order valence-corrected chi connectivity index (χ0v) is 6.98. The Morgan fingerprint density at radius 2 is 2.42 bits per heavy atom. The van der Waals surface area contributed by atoms with Gasteiger partial charge in [0.15, 0.2) is 0 Å². The van der Waals surface area contributed by atoms with E-state index in [1.165, 1.54) is 6.21 Å². The topological polar surface area (TPSA) is 84.6 Å². The summed E-state index contributed by atoms with van der Waals surface area (Å²) in [5.74, 6) is 0.254. The summed E-state index contributed by atoms with van der Waals surface area (Å²) in [5, 5.41) is 15.0. The van der Waals surface area contributed by atoms with Crippen molar-refractivity contribution in [3.8, 4) is 0 Å². The van der Waals surface area contributed by atoms with Gasteiger partial charge in [-0.15, -0.1) is 5.16 Å². The molecule has 0 amide bonds. The minimum Gasteiger partial charge on any atom is -0.411 e. The molecule has 0 aliphatic heterocycles. The van der Waals surface area contributed by atoms with E-state index in [1.807, 2.05) is 13.8 Å². The van der Waals surface area contributed by atoms with Gasteiger partial charge in [0.1, 0.15) is 0 Å². The summed E-state index contributed by atoms with van der Waals surface area (Å²) in [6.07, 6.45) is 1.37. The molecule has 3 N–H and O–H groups in total. The van der Waals surface area contributed by atoms with Gasteiger partial charge in [0.05, 0.1) is 11.9 Å². The van der Waals surface area contributed by atoms with Gasteiger partial charge in [-0.25, -0.2) is 0 Å². The van der Waals surface area contributed by atoms with Crippen molar-refractivity contribution in [1.82, 2.24) is 5.16 Å². The molecule has 12 heavy (non-hydrogen) atoms. The van der Waals surface area contributed by atoms with E-state index in [0.717, 1.165) is 0 Å². The SMILES string of the molecule is CC(C)(C=NO)c1cc(N)on1. The Morgan fingerprint density at radius 1 is 1.75 bits per heavy atom. The minimum atomic E-state index is -0.462. The average molecular weight is 169 g/mol. The van der Waals surface area contributed by atoms with Crippen LogP contribution in [0.1, 0.15) is 19.5 Å². The molecule has 0 saturated carbocycles. The number of hydrogen-bond acceptors (Lipinski definition) is 5. The standard InChI is InChI=1S/C7H11N3O2/c1-7(2,4-9-11)5-3-6(8)12-10-5/h3-4,11H,8H2,1-2H3. The summed E-state index contributed by atoms with van der Waals surface area (Å²) >= 11 is 0. The molecule has 0 aromatic carbocycles. The van der Waals surface area contributed by atoms with Crippen LogP contribution < -0.4 is 5.73 Å². The number of hydrogen-bond donors (Lipinski definition) is 2. The Bertz CT molecular complexity index is 291. The fraction of sp³-hybridized carbons (Fsp3) is 0.429. The van der Waals surface area contributed by atoms with Crippen molar-refractivity contribution in [2.75, 3.05) is 5.73 Å². The molecule has 0 radical (unpaired) electrons. The molecule has 0 saturated heterocycles. The minimum absolute atomic E-state index is 0.254. The average Bonchev–Trinajstić information content (AvgIpc) is 2.36. The summed E-state index contributed by atoms with van der Waals surface area (Å²) in [5.41, 5.74) is 5.51. The van der Waals surface area contributed by atoms with Gasteiger partial charge in [-0.05, 0) is 13.8 Å². The number of aromatic nitrogens is 1. The summed E-state index contributed by atoms with van der Waals surface area (Å²) in [6, 6.07) is 1.60. The zero-order chi connectivity index (χ0) is 9.19. The second-order valence-electron chi connectivity index (χ2n) is 3.08. The third-order valence-electron chi connectivity index (χ3n) is 1.57. The Labute approximate surface area is 69.8 Å². The van der Waals surface area contributed by atoms with Crippen LogP contribution in [0.15, 0.2) is 15.7 Å². The van der Waals surface area contributed by atoms with Gasteiger partial charge >= 0.3 is 0 Å². The summed E-state index contributed by atoms with van der Waals surface area (Å²) in [6.45, 7) is 3.67. The molecule has 0 aliphatic rings. The van der Waals surface area contributed by atoms with Crippen molar-refractivity contribution < 1.29 is 9.73 Å². The van der Waals surface area contributed by atoms with Crippen molar-refractivity contribution in [1.29, 1.82) is 0 Å². The first kappa shape index (κ1) is 8.58. The molecule has 5 nitrogen and oxygen atoms in total. The van der Waals surface area contributed by atoms with Crippen LogP contribution in [0.3, 0.4) is 0 Å². The van der Waals surface area contributed by atoms with Crippen LogP contribution in [0.5, 0.6) is 0 Å². The maximum atomic E-state index is 8.35. The van der Waals surface area contributed by atoms with Gasteiger partial charge in [0.25, 0.3) is 0 Å². The lowest BCUT2D eigenvalue weighted by Crippen LogP contribution is -2.19. The van der Waals surface area contributed by atoms with Crippen LogP contribution in [-0.2, 0) is 5.41 Å². The van der Waals surface area contributed by atoms with E-state index in [9.17, 15) is 0 Å². The van der Waals surface area contributed by atoms with Crippen LogP contribution in [0.4, 0.5) is 5.88 Å². The number of anilines is 1. The van der Waals surface area contributed by atoms with Gasteiger partial charge in [0.2, 0.25) is 5.88 Å². The third kappa shape index (κ3) is 1.55. The lowest BCUT2D eigenvalue weighted by Gasteiger charge is -2.12. The Balaban J connectivity index is 2.96.